The van der Waals surface area contributed by atoms with Gasteiger partial charge in [0, 0.05) is 66.5 Å². The van der Waals surface area contributed by atoms with Gasteiger partial charge in [0.2, 0.25) is 0 Å². The van der Waals surface area contributed by atoms with Crippen LogP contribution in [0.5, 0.6) is 11.5 Å². The van der Waals surface area contributed by atoms with E-state index in [-0.39, 0.29) is 48.9 Å². The summed E-state index contributed by atoms with van der Waals surface area (Å²) in [4.78, 5) is 21.1. The number of aromatic nitrogens is 2. The summed E-state index contributed by atoms with van der Waals surface area (Å²) in [7, 11) is 0. The van der Waals surface area contributed by atoms with Crippen LogP contribution in [0.25, 0.3) is 43.7 Å². The van der Waals surface area contributed by atoms with Crippen LogP contribution in [0.2, 0.25) is 0 Å². The summed E-state index contributed by atoms with van der Waals surface area (Å²) in [5.74, 6) is 2.18. The number of carbonyl (C=O) groups excluding carboxylic acids is 1. The third-order valence-electron chi connectivity index (χ3n) is 9.06. The van der Waals surface area contributed by atoms with E-state index in [2.05, 4.69) is 68.2 Å². The molecule has 47 heavy (non-hydrogen) atoms. The number of nitrogens with zero attached hydrogens (tertiary/aromatic N) is 2. The summed E-state index contributed by atoms with van der Waals surface area (Å²) in [6, 6.07) is 20.5. The molecule has 0 bridgehead atoms. The first-order valence-corrected chi connectivity index (χ1v) is 16.8. The molecule has 0 spiro atoms. The summed E-state index contributed by atoms with van der Waals surface area (Å²) in [5.41, 5.74) is 5.26. The quantitative estimate of drug-likeness (QED) is 0.0718. The zero-order valence-corrected chi connectivity index (χ0v) is 31.4. The molecule has 0 fully saturated rings. The number of aliphatic hydroxyl groups is 1. The van der Waals surface area contributed by atoms with Crippen LogP contribution in [0.15, 0.2) is 66.6 Å². The van der Waals surface area contributed by atoms with Crippen molar-refractivity contribution >= 4 is 38.2 Å². The van der Waals surface area contributed by atoms with Gasteiger partial charge in [-0.3, -0.25) is 14.8 Å². The second-order valence-electron chi connectivity index (χ2n) is 13.7. The van der Waals surface area contributed by atoms with E-state index < -0.39 is 0 Å². The van der Waals surface area contributed by atoms with Crippen LogP contribution in [-0.4, -0.2) is 20.9 Å². The molecule has 6 heteroatoms. The standard InChI is InChI=1S/C28H23N2O.C13H24O2.Ir/c1-16-8-9-17-12-22-24(14-23(17)30-16)31-25-13-21-18(15-28(2,3)4)6-5-7-19(21)20-10-11-29-27(22)26(20)25;1-5-10(6-2)12(14)9-13(15)11(7-3)8-4;/h5-11,13-14H,15H2,1-4H3;9-11,14H,5-8H2,1-4H3;/q-1;;/b;12-9-;. The Kier molecular flexibility index (Phi) is 11.6. The minimum Gasteiger partial charge on any atom is -0.512 e. The first-order valence-electron chi connectivity index (χ1n) is 16.8. The normalized spacial score (nSPS) is 12.5. The number of carbonyl (C=O) groups is 1. The predicted molar refractivity (Wildman–Crippen MR) is 191 cm³/mol. The van der Waals surface area contributed by atoms with Crippen LogP contribution in [0, 0.1) is 30.2 Å². The van der Waals surface area contributed by atoms with Gasteiger partial charge in [0.15, 0.2) is 5.78 Å². The molecule has 5 nitrogen and oxygen atoms in total. The molecular formula is C41H47IrN2O3-. The van der Waals surface area contributed by atoms with Crippen molar-refractivity contribution in [2.75, 3.05) is 0 Å². The van der Waals surface area contributed by atoms with E-state index in [0.29, 0.717) is 0 Å². The van der Waals surface area contributed by atoms with Crippen molar-refractivity contribution in [1.82, 2.24) is 9.97 Å². The van der Waals surface area contributed by atoms with Crippen LogP contribution < -0.4 is 4.74 Å². The smallest absolute Gasteiger partial charge is 0.162 e. The number of rotatable bonds is 8. The van der Waals surface area contributed by atoms with Gasteiger partial charge in [0.1, 0.15) is 5.75 Å². The van der Waals surface area contributed by atoms with E-state index in [1.54, 1.807) is 0 Å². The maximum Gasteiger partial charge on any atom is 0.162 e. The van der Waals surface area contributed by atoms with Crippen LogP contribution >= 0.6 is 0 Å². The number of ketones is 1. The fourth-order valence-corrected chi connectivity index (χ4v) is 6.49. The van der Waals surface area contributed by atoms with E-state index in [0.717, 1.165) is 76.8 Å². The van der Waals surface area contributed by atoms with Crippen molar-refractivity contribution < 1.29 is 34.7 Å². The summed E-state index contributed by atoms with van der Waals surface area (Å²) in [5, 5.41) is 15.5. The molecule has 0 atom stereocenters. The van der Waals surface area contributed by atoms with E-state index in [1.165, 1.54) is 27.8 Å². The van der Waals surface area contributed by atoms with Gasteiger partial charge in [0.25, 0.3) is 0 Å². The molecule has 5 aromatic rings. The Morgan fingerprint density at radius 3 is 2.28 bits per heavy atom. The van der Waals surface area contributed by atoms with Gasteiger partial charge in [-0.2, -0.15) is 0 Å². The maximum absolute atomic E-state index is 11.7. The van der Waals surface area contributed by atoms with Crippen molar-refractivity contribution in [3.05, 3.63) is 83.9 Å². The van der Waals surface area contributed by atoms with Gasteiger partial charge >= 0.3 is 0 Å². The molecule has 0 saturated heterocycles. The topological polar surface area (TPSA) is 72.3 Å². The van der Waals surface area contributed by atoms with Gasteiger partial charge < -0.3 is 9.84 Å². The van der Waals surface area contributed by atoms with Crippen LogP contribution in [0.4, 0.5) is 0 Å². The fraction of sp³-hybridized carbons (Fsp3) is 0.390. The minimum atomic E-state index is 0. The van der Waals surface area contributed by atoms with E-state index in [9.17, 15) is 9.90 Å². The van der Waals surface area contributed by atoms with Crippen molar-refractivity contribution in [3.63, 3.8) is 0 Å². The molecular weight excluding hydrogens is 761 g/mol. The maximum atomic E-state index is 11.7. The number of aliphatic hydroxyl groups excluding tert-OH is 1. The van der Waals surface area contributed by atoms with Gasteiger partial charge in [-0.25, -0.2) is 0 Å². The number of benzene rings is 3. The van der Waals surface area contributed by atoms with Gasteiger partial charge in [0.05, 0.1) is 11.5 Å². The SMILES string of the molecule is CCC(CC)C(=O)/C=C(\O)C(CC)CC.Cc1ccc2[c-]c3c(cc2n1)Oc1cc2c(CC(C)(C)C)cccc2c2ccnc-3c12.[Ir]. The van der Waals surface area contributed by atoms with Crippen molar-refractivity contribution in [2.24, 2.45) is 17.3 Å². The third-order valence-corrected chi connectivity index (χ3v) is 9.06. The molecule has 0 unspecified atom stereocenters. The molecule has 2 aromatic heterocycles. The van der Waals surface area contributed by atoms with Crippen LogP contribution in [0.1, 0.15) is 85.4 Å². The second kappa shape index (κ2) is 15.1. The molecule has 1 aliphatic heterocycles. The number of aryl methyl sites for hydroxylation is 1. The summed E-state index contributed by atoms with van der Waals surface area (Å²) in [6.07, 6.45) is 7.81. The summed E-state index contributed by atoms with van der Waals surface area (Å²) in [6.45, 7) is 16.9. The van der Waals surface area contributed by atoms with Crippen molar-refractivity contribution in [1.29, 1.82) is 0 Å². The Bertz CT molecular complexity index is 1930. The molecule has 0 amide bonds. The first-order chi connectivity index (χ1) is 22.0. The van der Waals surface area contributed by atoms with E-state index >= 15 is 0 Å². The first kappa shape index (κ1) is 36.2. The molecule has 3 aromatic carbocycles. The zero-order chi connectivity index (χ0) is 33.2. The van der Waals surface area contributed by atoms with Gasteiger partial charge in [-0.15, -0.1) is 12.1 Å². The van der Waals surface area contributed by atoms with Gasteiger partial charge in [-0.1, -0.05) is 89.7 Å². The average Bonchev–Trinajstić information content (AvgIpc) is 3.01. The van der Waals surface area contributed by atoms with Crippen LogP contribution in [0.3, 0.4) is 0 Å². The van der Waals surface area contributed by atoms with Gasteiger partial charge in [-0.05, 0) is 78.3 Å². The monoisotopic (exact) mass is 808 g/mol. The molecule has 249 valence electrons. The molecule has 0 saturated carbocycles. The van der Waals surface area contributed by atoms with E-state index in [1.807, 2.05) is 52.9 Å². The minimum absolute atomic E-state index is 0. The molecule has 1 radical (unpaired) electrons. The number of allylic oxidation sites excluding steroid dienone is 2. The summed E-state index contributed by atoms with van der Waals surface area (Å²) >= 11 is 0. The summed E-state index contributed by atoms with van der Waals surface area (Å²) < 4.78 is 6.48. The fourth-order valence-electron chi connectivity index (χ4n) is 6.49. The zero-order valence-electron chi connectivity index (χ0n) is 29.0. The average molecular weight is 808 g/mol. The molecule has 3 heterocycles. The Balaban J connectivity index is 0.000000269. The second-order valence-corrected chi connectivity index (χ2v) is 13.7. The Morgan fingerprint density at radius 2 is 1.62 bits per heavy atom. The number of hydrogen-bond donors (Lipinski definition) is 1. The number of pyridine rings is 2. The van der Waals surface area contributed by atoms with E-state index in [4.69, 9.17) is 9.72 Å². The Labute approximate surface area is 293 Å². The van der Waals surface area contributed by atoms with Crippen molar-refractivity contribution in [2.45, 2.75) is 87.5 Å². The largest absolute Gasteiger partial charge is 0.512 e. The number of fused-ring (bicyclic) bond motifs is 5. The molecule has 6 rings (SSSR count). The molecule has 1 aliphatic rings. The van der Waals surface area contributed by atoms with Crippen LogP contribution in [-0.2, 0) is 31.3 Å². The Hall–Kier alpha value is -3.60. The molecule has 0 aliphatic carbocycles. The predicted octanol–water partition coefficient (Wildman–Crippen LogP) is 11.3. The van der Waals surface area contributed by atoms with Crippen molar-refractivity contribution in [3.8, 4) is 22.8 Å². The number of hydrogen-bond acceptors (Lipinski definition) is 5. The molecule has 1 N–H and O–H groups in total. The Morgan fingerprint density at radius 1 is 0.915 bits per heavy atom. The number of ether oxygens (including phenoxy) is 1. The third kappa shape index (κ3) is 7.77.